The molecule has 0 aliphatic carbocycles. The highest BCUT2D eigenvalue weighted by Crippen LogP contribution is 2.19. The molecule has 0 unspecified atom stereocenters. The van der Waals surface area contributed by atoms with Gasteiger partial charge in [0.15, 0.2) is 0 Å². The number of pyridine rings is 1. The molecule has 0 fully saturated rings. The third-order valence-electron chi connectivity index (χ3n) is 2.83. The number of hydrogen-bond acceptors (Lipinski definition) is 3. The molecule has 0 radical (unpaired) electrons. The predicted octanol–water partition coefficient (Wildman–Crippen LogP) is 2.73. The summed E-state index contributed by atoms with van der Waals surface area (Å²) in [6.45, 7) is 0.300. The fourth-order valence-corrected chi connectivity index (χ4v) is 1.98. The van der Waals surface area contributed by atoms with Gasteiger partial charge in [-0.15, -0.1) is 0 Å². The van der Waals surface area contributed by atoms with Gasteiger partial charge in [0.05, 0.1) is 11.8 Å². The zero-order chi connectivity index (χ0) is 14.7. The number of carbonyl (C=O) groups is 1. The lowest BCUT2D eigenvalue weighted by molar-refractivity contribution is 0.0785. The number of hydrogen-bond donors (Lipinski definition) is 1. The van der Waals surface area contributed by atoms with Crippen molar-refractivity contribution in [1.82, 2.24) is 9.88 Å². The van der Waals surface area contributed by atoms with E-state index < -0.39 is 11.7 Å². The smallest absolute Gasteiger partial charge is 0.257 e. The lowest BCUT2D eigenvalue weighted by Crippen LogP contribution is -2.27. The molecule has 0 saturated heterocycles. The van der Waals surface area contributed by atoms with Crippen molar-refractivity contribution in [2.24, 2.45) is 0 Å². The molecule has 0 saturated carbocycles. The van der Waals surface area contributed by atoms with Crippen molar-refractivity contribution in [1.29, 1.82) is 0 Å². The van der Waals surface area contributed by atoms with Crippen LogP contribution in [-0.4, -0.2) is 22.8 Å². The fraction of sp³-hybridized carbons (Fsp3) is 0.143. The van der Waals surface area contributed by atoms with E-state index >= 15 is 0 Å². The summed E-state index contributed by atoms with van der Waals surface area (Å²) in [7, 11) is 1.59. The summed E-state index contributed by atoms with van der Waals surface area (Å²) >= 11 is 6.04. The second-order valence-corrected chi connectivity index (χ2v) is 4.75. The van der Waals surface area contributed by atoms with E-state index in [9.17, 15) is 9.18 Å². The first-order valence-electron chi connectivity index (χ1n) is 5.89. The lowest BCUT2D eigenvalue weighted by Gasteiger charge is -2.18. The highest BCUT2D eigenvalue weighted by molar-refractivity contribution is 6.31. The van der Waals surface area contributed by atoms with E-state index in [4.69, 9.17) is 17.3 Å². The molecule has 0 spiro atoms. The highest BCUT2D eigenvalue weighted by Gasteiger charge is 2.17. The molecule has 4 nitrogen and oxygen atoms in total. The van der Waals surface area contributed by atoms with Crippen LogP contribution in [0.25, 0.3) is 0 Å². The van der Waals surface area contributed by atoms with Crippen LogP contribution in [0.4, 0.5) is 10.2 Å². The first-order valence-corrected chi connectivity index (χ1v) is 6.26. The second-order valence-electron chi connectivity index (χ2n) is 4.34. The van der Waals surface area contributed by atoms with Gasteiger partial charge in [-0.1, -0.05) is 29.8 Å². The van der Waals surface area contributed by atoms with Crippen molar-refractivity contribution in [3.05, 3.63) is 58.5 Å². The number of rotatable bonds is 3. The Morgan fingerprint density at radius 1 is 1.45 bits per heavy atom. The Balaban J connectivity index is 2.21. The minimum absolute atomic E-state index is 0.00223. The van der Waals surface area contributed by atoms with Crippen LogP contribution in [0.5, 0.6) is 0 Å². The lowest BCUT2D eigenvalue weighted by atomic mass is 10.2. The second kappa shape index (κ2) is 5.88. The molecule has 1 aromatic carbocycles. The van der Waals surface area contributed by atoms with Gasteiger partial charge in [0.25, 0.3) is 5.91 Å². The van der Waals surface area contributed by atoms with Crippen LogP contribution in [0.1, 0.15) is 15.9 Å². The Labute approximate surface area is 121 Å². The van der Waals surface area contributed by atoms with Crippen LogP contribution in [0.2, 0.25) is 5.02 Å². The Morgan fingerprint density at radius 2 is 2.15 bits per heavy atom. The summed E-state index contributed by atoms with van der Waals surface area (Å²) in [6, 6.07) is 8.28. The van der Waals surface area contributed by atoms with Crippen molar-refractivity contribution < 1.29 is 9.18 Å². The molecule has 0 bridgehead atoms. The maximum atomic E-state index is 13.2. The van der Waals surface area contributed by atoms with Crippen LogP contribution in [0.15, 0.2) is 36.5 Å². The summed E-state index contributed by atoms with van der Waals surface area (Å²) in [5.41, 5.74) is 6.44. The Hall–Kier alpha value is -2.14. The van der Waals surface area contributed by atoms with E-state index in [2.05, 4.69) is 4.98 Å². The number of nitrogen functional groups attached to an aromatic ring is 1. The van der Waals surface area contributed by atoms with Crippen molar-refractivity contribution in [3.63, 3.8) is 0 Å². The van der Waals surface area contributed by atoms with Gasteiger partial charge in [0.2, 0.25) is 0 Å². The molecule has 1 amide bonds. The van der Waals surface area contributed by atoms with Crippen LogP contribution < -0.4 is 5.73 Å². The maximum Gasteiger partial charge on any atom is 0.257 e. The number of nitrogens with zero attached hydrogens (tertiary/aromatic N) is 2. The largest absolute Gasteiger partial charge is 0.383 e. The Morgan fingerprint density at radius 3 is 2.85 bits per heavy atom. The van der Waals surface area contributed by atoms with Crippen LogP contribution >= 0.6 is 11.6 Å². The first-order chi connectivity index (χ1) is 9.49. The normalized spacial score (nSPS) is 10.3. The molecule has 2 rings (SSSR count). The molecule has 1 aromatic heterocycles. The molecular formula is C14H13ClFN3O. The fourth-order valence-electron chi connectivity index (χ4n) is 1.78. The van der Waals surface area contributed by atoms with Crippen molar-refractivity contribution >= 4 is 23.3 Å². The highest BCUT2D eigenvalue weighted by atomic mass is 35.5. The number of benzene rings is 1. The number of nitrogens with two attached hydrogens (primary N) is 1. The zero-order valence-electron chi connectivity index (χ0n) is 10.8. The zero-order valence-corrected chi connectivity index (χ0v) is 11.6. The molecule has 0 atom stereocenters. The molecule has 20 heavy (non-hydrogen) atoms. The topological polar surface area (TPSA) is 59.2 Å². The monoisotopic (exact) mass is 293 g/mol. The van der Waals surface area contributed by atoms with E-state index in [1.165, 1.54) is 4.90 Å². The van der Waals surface area contributed by atoms with Crippen molar-refractivity contribution in [2.75, 3.05) is 12.8 Å². The van der Waals surface area contributed by atoms with E-state index in [-0.39, 0.29) is 11.4 Å². The summed E-state index contributed by atoms with van der Waals surface area (Å²) in [4.78, 5) is 17.3. The average molecular weight is 294 g/mol. The van der Waals surface area contributed by atoms with E-state index in [0.717, 1.165) is 17.8 Å². The molecule has 2 aromatic rings. The predicted molar refractivity (Wildman–Crippen MR) is 75.9 cm³/mol. The number of aromatic nitrogens is 1. The summed E-state index contributed by atoms with van der Waals surface area (Å²) in [5, 5.41) is 0.567. The number of halogens is 2. The first kappa shape index (κ1) is 14.3. The third kappa shape index (κ3) is 3.05. The minimum atomic E-state index is -0.603. The number of amides is 1. The summed E-state index contributed by atoms with van der Waals surface area (Å²) < 4.78 is 13.2. The maximum absolute atomic E-state index is 13.2. The average Bonchev–Trinajstić information content (AvgIpc) is 2.43. The van der Waals surface area contributed by atoms with Gasteiger partial charge in [-0.25, -0.2) is 9.37 Å². The summed E-state index contributed by atoms with van der Waals surface area (Å²) in [5.74, 6) is -1.01. The molecule has 1 heterocycles. The standard InChI is InChI=1S/C14H13ClFN3O/c1-19(8-9-4-2-3-5-12(9)15)14(20)11-6-10(16)7-18-13(11)17/h2-7H,8H2,1H3,(H2,17,18). The Bertz CT molecular complexity index is 648. The van der Waals surface area contributed by atoms with E-state index in [0.29, 0.717) is 11.6 Å². The molecule has 6 heteroatoms. The van der Waals surface area contributed by atoms with E-state index in [1.807, 2.05) is 18.2 Å². The van der Waals surface area contributed by atoms with Crippen molar-refractivity contribution in [3.8, 4) is 0 Å². The minimum Gasteiger partial charge on any atom is -0.383 e. The van der Waals surface area contributed by atoms with Crippen LogP contribution in [0.3, 0.4) is 0 Å². The quantitative estimate of drug-likeness (QED) is 0.946. The summed E-state index contributed by atoms with van der Waals surface area (Å²) in [6.07, 6.45) is 0.972. The molecule has 2 N–H and O–H groups in total. The van der Waals surface area contributed by atoms with Gasteiger partial charge >= 0.3 is 0 Å². The van der Waals surface area contributed by atoms with Gasteiger partial charge in [0.1, 0.15) is 11.6 Å². The Kier molecular flexibility index (Phi) is 4.20. The third-order valence-corrected chi connectivity index (χ3v) is 3.20. The van der Waals surface area contributed by atoms with Gasteiger partial charge in [-0.2, -0.15) is 0 Å². The van der Waals surface area contributed by atoms with Crippen LogP contribution in [-0.2, 0) is 6.54 Å². The molecule has 0 aliphatic heterocycles. The SMILES string of the molecule is CN(Cc1ccccc1Cl)C(=O)c1cc(F)cnc1N. The van der Waals surface area contributed by atoms with Gasteiger partial charge < -0.3 is 10.6 Å². The van der Waals surface area contributed by atoms with Crippen LogP contribution in [0, 0.1) is 5.82 Å². The molecular weight excluding hydrogens is 281 g/mol. The number of carbonyl (C=O) groups excluding carboxylic acids is 1. The number of anilines is 1. The van der Waals surface area contributed by atoms with E-state index in [1.54, 1.807) is 13.1 Å². The van der Waals surface area contributed by atoms with Gasteiger partial charge in [-0.3, -0.25) is 4.79 Å². The van der Waals surface area contributed by atoms with Crippen molar-refractivity contribution in [2.45, 2.75) is 6.54 Å². The molecule has 0 aliphatic rings. The molecule has 104 valence electrons. The van der Waals surface area contributed by atoms with Gasteiger partial charge in [0, 0.05) is 18.6 Å². The van der Waals surface area contributed by atoms with Gasteiger partial charge in [-0.05, 0) is 17.7 Å².